The number of carboxylic acids is 1. The molecule has 0 saturated heterocycles. The molecule has 0 saturated carbocycles. The van der Waals surface area contributed by atoms with Crippen LogP contribution in [-0.2, 0) is 6.42 Å². The van der Waals surface area contributed by atoms with E-state index in [4.69, 9.17) is 30.5 Å². The Balaban J connectivity index is 1.47. The summed E-state index contributed by atoms with van der Waals surface area (Å²) in [4.78, 5) is 24.1. The SMILES string of the molecule is COc1cc2c(cc1OCC1COc3cccc(Cl)c3O1)CC(C(C)C)n1cc(C(=O)O)c(=O)cc1-2. The maximum absolute atomic E-state index is 12.5. The summed E-state index contributed by atoms with van der Waals surface area (Å²) in [6.07, 6.45) is 1.73. The third kappa shape index (κ3) is 4.26. The lowest BCUT2D eigenvalue weighted by Gasteiger charge is -2.34. The number of methoxy groups -OCH3 is 1. The lowest BCUT2D eigenvalue weighted by atomic mass is 9.87. The van der Waals surface area contributed by atoms with E-state index in [2.05, 4.69) is 13.8 Å². The van der Waals surface area contributed by atoms with Crippen molar-refractivity contribution < 1.29 is 28.8 Å². The van der Waals surface area contributed by atoms with E-state index < -0.39 is 11.4 Å². The topological polar surface area (TPSA) is 96.2 Å². The Morgan fingerprint density at radius 1 is 1.25 bits per heavy atom. The molecule has 3 heterocycles. The van der Waals surface area contributed by atoms with Crippen LogP contribution in [0.5, 0.6) is 23.0 Å². The Morgan fingerprint density at radius 3 is 2.78 bits per heavy atom. The van der Waals surface area contributed by atoms with E-state index in [1.807, 2.05) is 16.7 Å². The summed E-state index contributed by atoms with van der Waals surface area (Å²) in [7, 11) is 1.55. The van der Waals surface area contributed by atoms with Gasteiger partial charge in [0.2, 0.25) is 0 Å². The highest BCUT2D eigenvalue weighted by atomic mass is 35.5. The van der Waals surface area contributed by atoms with Crippen molar-refractivity contribution >= 4 is 17.6 Å². The second kappa shape index (κ2) is 9.43. The van der Waals surface area contributed by atoms with E-state index >= 15 is 0 Å². The Bertz CT molecular complexity index is 1400. The first-order valence-corrected chi connectivity index (χ1v) is 12.1. The fourth-order valence-electron chi connectivity index (χ4n) is 4.73. The summed E-state index contributed by atoms with van der Waals surface area (Å²) in [5.41, 5.74) is 1.68. The highest BCUT2D eigenvalue weighted by Gasteiger charge is 2.30. The number of aromatic nitrogens is 1. The number of carbonyl (C=O) groups is 1. The molecule has 3 aromatic rings. The number of hydrogen-bond donors (Lipinski definition) is 1. The molecular formula is C27H26ClNO7. The molecule has 0 bridgehead atoms. The second-order valence-electron chi connectivity index (χ2n) is 9.25. The van der Waals surface area contributed by atoms with E-state index in [-0.39, 0.29) is 30.2 Å². The summed E-state index contributed by atoms with van der Waals surface area (Å²) in [5.74, 6) is 1.11. The molecule has 0 aliphatic carbocycles. The minimum Gasteiger partial charge on any atom is -0.493 e. The molecule has 0 spiro atoms. The van der Waals surface area contributed by atoms with Gasteiger partial charge in [-0.15, -0.1) is 0 Å². The van der Waals surface area contributed by atoms with Gasteiger partial charge in [0.1, 0.15) is 18.8 Å². The molecule has 5 rings (SSSR count). The normalized spacial score (nSPS) is 17.8. The molecule has 2 aliphatic rings. The van der Waals surface area contributed by atoms with Gasteiger partial charge in [-0.05, 0) is 42.2 Å². The summed E-state index contributed by atoms with van der Waals surface area (Å²) in [6, 6.07) is 10.5. The largest absolute Gasteiger partial charge is 0.493 e. The van der Waals surface area contributed by atoms with Crippen LogP contribution in [0.15, 0.2) is 47.4 Å². The smallest absolute Gasteiger partial charge is 0.341 e. The lowest BCUT2D eigenvalue weighted by molar-refractivity contribution is 0.0528. The minimum absolute atomic E-state index is 0.0267. The molecule has 9 heteroatoms. The molecule has 1 N–H and O–H groups in total. The molecule has 2 unspecified atom stereocenters. The van der Waals surface area contributed by atoms with Crippen LogP contribution >= 0.6 is 11.6 Å². The average molecular weight is 512 g/mol. The zero-order valence-electron chi connectivity index (χ0n) is 20.1. The Hall–Kier alpha value is -3.65. The van der Waals surface area contributed by atoms with Crippen molar-refractivity contribution in [3.8, 4) is 34.3 Å². The van der Waals surface area contributed by atoms with E-state index in [1.54, 1.807) is 25.3 Å². The molecule has 0 fully saturated rings. The second-order valence-corrected chi connectivity index (χ2v) is 9.66. The van der Waals surface area contributed by atoms with Crippen LogP contribution in [-0.4, -0.2) is 42.1 Å². The number of benzene rings is 2. The van der Waals surface area contributed by atoms with Crippen LogP contribution in [0.4, 0.5) is 0 Å². The molecule has 2 aliphatic heterocycles. The Morgan fingerprint density at radius 2 is 2.06 bits per heavy atom. The van der Waals surface area contributed by atoms with Gasteiger partial charge in [0.15, 0.2) is 34.5 Å². The van der Waals surface area contributed by atoms with Gasteiger partial charge in [-0.3, -0.25) is 4.79 Å². The van der Waals surface area contributed by atoms with Gasteiger partial charge in [-0.2, -0.15) is 0 Å². The quantitative estimate of drug-likeness (QED) is 0.505. The molecule has 188 valence electrons. The number of para-hydroxylation sites is 1. The van der Waals surface area contributed by atoms with Crippen molar-refractivity contribution in [1.29, 1.82) is 0 Å². The van der Waals surface area contributed by atoms with Gasteiger partial charge in [-0.25, -0.2) is 4.79 Å². The fraction of sp³-hybridized carbons (Fsp3) is 0.333. The monoisotopic (exact) mass is 511 g/mol. The highest BCUT2D eigenvalue weighted by molar-refractivity contribution is 6.32. The Kier molecular flexibility index (Phi) is 6.30. The number of aromatic carboxylic acids is 1. The molecule has 2 atom stereocenters. The predicted molar refractivity (Wildman–Crippen MR) is 134 cm³/mol. The summed E-state index contributed by atoms with van der Waals surface area (Å²) in [5, 5.41) is 9.94. The number of nitrogens with zero attached hydrogens (tertiary/aromatic N) is 1. The zero-order chi connectivity index (χ0) is 25.6. The highest BCUT2D eigenvalue weighted by Crippen LogP contribution is 2.43. The number of fused-ring (bicyclic) bond motifs is 4. The average Bonchev–Trinajstić information content (AvgIpc) is 2.86. The maximum Gasteiger partial charge on any atom is 0.341 e. The minimum atomic E-state index is -1.23. The third-order valence-electron chi connectivity index (χ3n) is 6.60. The number of pyridine rings is 1. The van der Waals surface area contributed by atoms with Crippen molar-refractivity contribution in [2.75, 3.05) is 20.3 Å². The van der Waals surface area contributed by atoms with Crippen LogP contribution in [0.1, 0.15) is 35.8 Å². The van der Waals surface area contributed by atoms with Crippen LogP contribution in [0.25, 0.3) is 11.3 Å². The molecule has 8 nitrogen and oxygen atoms in total. The van der Waals surface area contributed by atoms with Gasteiger partial charge in [0.25, 0.3) is 0 Å². The van der Waals surface area contributed by atoms with Crippen molar-refractivity contribution in [1.82, 2.24) is 4.57 Å². The standard InChI is InChI=1S/C27H26ClNO7/c1-14(2)20-7-15-8-25(35-13-16-12-34-23-6-4-5-19(28)26(23)36-16)24(33-3)9-17(15)21-10-22(30)18(27(31)32)11-29(20)21/h4-6,8-11,14,16,20H,7,12-13H2,1-3H3,(H,31,32). The summed E-state index contributed by atoms with van der Waals surface area (Å²) >= 11 is 6.25. The maximum atomic E-state index is 12.5. The number of ether oxygens (including phenoxy) is 4. The molecule has 1 aromatic heterocycles. The zero-order valence-corrected chi connectivity index (χ0v) is 20.9. The first kappa shape index (κ1) is 24.1. The molecule has 2 aromatic carbocycles. The number of rotatable bonds is 6. The lowest BCUT2D eigenvalue weighted by Crippen LogP contribution is -2.34. The third-order valence-corrected chi connectivity index (χ3v) is 6.89. The summed E-state index contributed by atoms with van der Waals surface area (Å²) < 4.78 is 25.4. The predicted octanol–water partition coefficient (Wildman–Crippen LogP) is 4.85. The van der Waals surface area contributed by atoms with Crippen molar-refractivity contribution in [3.05, 3.63) is 69.0 Å². The van der Waals surface area contributed by atoms with Gasteiger partial charge >= 0.3 is 5.97 Å². The molecule has 0 radical (unpaired) electrons. The van der Waals surface area contributed by atoms with Crippen molar-refractivity contribution in [2.24, 2.45) is 5.92 Å². The fourth-order valence-corrected chi connectivity index (χ4v) is 4.94. The van der Waals surface area contributed by atoms with E-state index in [0.29, 0.717) is 46.7 Å². The van der Waals surface area contributed by atoms with E-state index in [1.165, 1.54) is 12.3 Å². The van der Waals surface area contributed by atoms with Gasteiger partial charge in [-0.1, -0.05) is 31.5 Å². The van der Waals surface area contributed by atoms with E-state index in [9.17, 15) is 14.7 Å². The molecular weight excluding hydrogens is 486 g/mol. The van der Waals surface area contributed by atoms with Crippen molar-refractivity contribution in [2.45, 2.75) is 32.4 Å². The molecule has 36 heavy (non-hydrogen) atoms. The van der Waals surface area contributed by atoms with Crippen LogP contribution in [0.3, 0.4) is 0 Å². The number of hydrogen-bond acceptors (Lipinski definition) is 6. The Labute approximate surface area is 212 Å². The van der Waals surface area contributed by atoms with E-state index in [0.717, 1.165) is 11.1 Å². The number of carboxylic acid groups (broad SMARTS) is 1. The molecule has 0 amide bonds. The first-order chi connectivity index (χ1) is 17.3. The van der Waals surface area contributed by atoms with Crippen molar-refractivity contribution in [3.63, 3.8) is 0 Å². The van der Waals surface area contributed by atoms with Gasteiger partial charge in [0.05, 0.1) is 17.8 Å². The van der Waals surface area contributed by atoms with Crippen LogP contribution in [0, 0.1) is 5.92 Å². The summed E-state index contributed by atoms with van der Waals surface area (Å²) in [6.45, 7) is 4.67. The number of halogens is 1. The van der Waals surface area contributed by atoms with Gasteiger partial charge in [0, 0.05) is 23.9 Å². The van der Waals surface area contributed by atoms with Crippen LogP contribution < -0.4 is 24.4 Å². The van der Waals surface area contributed by atoms with Crippen LogP contribution in [0.2, 0.25) is 5.02 Å². The first-order valence-electron chi connectivity index (χ1n) is 11.7. The van der Waals surface area contributed by atoms with Gasteiger partial charge < -0.3 is 28.6 Å².